The number of hydrogen-bond acceptors (Lipinski definition) is 5. The zero-order valence-corrected chi connectivity index (χ0v) is 19.9. The van der Waals surface area contributed by atoms with E-state index in [1.807, 2.05) is 50.2 Å². The van der Waals surface area contributed by atoms with Gasteiger partial charge in [-0.2, -0.15) is 0 Å². The van der Waals surface area contributed by atoms with Crippen LogP contribution in [0.25, 0.3) is 5.76 Å². The number of amides is 1. The third-order valence-electron chi connectivity index (χ3n) is 7.01. The number of aliphatic hydroxyl groups is 1. The second kappa shape index (κ2) is 8.95. The molecule has 2 fully saturated rings. The number of anilines is 2. The number of nitrogens with zero attached hydrogens (tertiary/aromatic N) is 2. The molecule has 35 heavy (non-hydrogen) atoms. The van der Waals surface area contributed by atoms with Gasteiger partial charge >= 0.3 is 0 Å². The summed E-state index contributed by atoms with van der Waals surface area (Å²) in [5.74, 6) is -1.67. The molecule has 178 valence electrons. The number of aliphatic hydroxyl groups excluding tert-OH is 1. The molecule has 2 aliphatic heterocycles. The highest BCUT2D eigenvalue weighted by Crippen LogP contribution is 2.43. The lowest BCUT2D eigenvalue weighted by molar-refractivity contribution is -0.132. The van der Waals surface area contributed by atoms with Gasteiger partial charge < -0.3 is 15.1 Å². The largest absolute Gasteiger partial charge is 0.508 e. The molecule has 3 aromatic rings. The molecule has 2 saturated heterocycles. The highest BCUT2D eigenvalue weighted by atomic mass is 16.3. The first kappa shape index (κ1) is 22.7. The number of phenolic OH excluding ortho intramolecular Hbond substituents is 1. The molecule has 1 amide bonds. The van der Waals surface area contributed by atoms with Crippen LogP contribution >= 0.6 is 0 Å². The Balaban J connectivity index is 1.64. The Labute approximate surface area is 204 Å². The summed E-state index contributed by atoms with van der Waals surface area (Å²) >= 11 is 0. The second-order valence-corrected chi connectivity index (χ2v) is 9.27. The van der Waals surface area contributed by atoms with Crippen LogP contribution in [-0.4, -0.2) is 35.0 Å². The van der Waals surface area contributed by atoms with Crippen LogP contribution in [-0.2, 0) is 9.59 Å². The van der Waals surface area contributed by atoms with Crippen molar-refractivity contribution in [1.29, 1.82) is 0 Å². The van der Waals surface area contributed by atoms with Crippen LogP contribution < -0.4 is 9.80 Å². The lowest BCUT2D eigenvalue weighted by Gasteiger charge is -2.26. The number of Topliss-reactive ketones (excluding diaryl/α,β-unsaturated/α-hetero) is 1. The predicted molar refractivity (Wildman–Crippen MR) is 137 cm³/mol. The van der Waals surface area contributed by atoms with Crippen molar-refractivity contribution < 1.29 is 19.8 Å². The maximum Gasteiger partial charge on any atom is 0.300 e. The molecule has 6 heteroatoms. The smallest absolute Gasteiger partial charge is 0.300 e. The summed E-state index contributed by atoms with van der Waals surface area (Å²) in [6, 6.07) is 18.6. The number of carbonyl (C=O) groups is 2. The third-order valence-corrected chi connectivity index (χ3v) is 7.01. The van der Waals surface area contributed by atoms with E-state index in [1.54, 1.807) is 18.2 Å². The molecule has 0 aromatic heterocycles. The fraction of sp³-hybridized carbons (Fsp3) is 0.241. The van der Waals surface area contributed by atoms with Crippen molar-refractivity contribution in [2.75, 3.05) is 22.9 Å². The fourth-order valence-corrected chi connectivity index (χ4v) is 4.95. The number of rotatable bonds is 4. The van der Waals surface area contributed by atoms with Crippen molar-refractivity contribution in [2.24, 2.45) is 0 Å². The minimum atomic E-state index is -0.874. The first-order valence-electron chi connectivity index (χ1n) is 11.9. The molecule has 0 aliphatic carbocycles. The van der Waals surface area contributed by atoms with Crippen LogP contribution in [0.15, 0.2) is 72.3 Å². The number of phenols is 1. The second-order valence-electron chi connectivity index (χ2n) is 9.27. The molecule has 0 bridgehead atoms. The molecule has 0 spiro atoms. The SMILES string of the molecule is Cc1ccc(/C(O)=C2/C(=O)C(=O)N(c3ccc(N4CCCC4)cc3)C2c2cccc(O)c2)cc1C. The molecular formula is C29H28N2O4. The van der Waals surface area contributed by atoms with Gasteiger partial charge in [0.25, 0.3) is 11.7 Å². The van der Waals surface area contributed by atoms with Crippen molar-refractivity contribution in [3.63, 3.8) is 0 Å². The summed E-state index contributed by atoms with van der Waals surface area (Å²) in [6.07, 6.45) is 2.32. The monoisotopic (exact) mass is 468 g/mol. The average Bonchev–Trinajstić information content (AvgIpc) is 3.48. The van der Waals surface area contributed by atoms with Gasteiger partial charge in [0.1, 0.15) is 11.5 Å². The molecule has 1 atom stereocenters. The Hall–Kier alpha value is -4.06. The van der Waals surface area contributed by atoms with E-state index in [9.17, 15) is 19.8 Å². The standard InChI is InChI=1S/C29H28N2O4/c1-18-8-9-21(16-19(18)2)27(33)25-26(20-6-5-7-24(32)17-20)31(29(35)28(25)34)23-12-10-22(11-13-23)30-14-3-4-15-30/h5-13,16-17,26,32-33H,3-4,14-15H2,1-2H3/b27-25-. The van der Waals surface area contributed by atoms with Gasteiger partial charge in [-0.15, -0.1) is 0 Å². The van der Waals surface area contributed by atoms with E-state index in [-0.39, 0.29) is 17.1 Å². The minimum Gasteiger partial charge on any atom is -0.508 e. The van der Waals surface area contributed by atoms with Gasteiger partial charge in [-0.3, -0.25) is 14.5 Å². The van der Waals surface area contributed by atoms with Gasteiger partial charge in [0.2, 0.25) is 0 Å². The van der Waals surface area contributed by atoms with Crippen molar-refractivity contribution in [3.05, 3.63) is 94.6 Å². The summed E-state index contributed by atoms with van der Waals surface area (Å²) in [6.45, 7) is 5.90. The molecular weight excluding hydrogens is 440 g/mol. The van der Waals surface area contributed by atoms with Gasteiger partial charge in [0, 0.05) is 30.0 Å². The molecule has 0 radical (unpaired) electrons. The zero-order chi connectivity index (χ0) is 24.7. The van der Waals surface area contributed by atoms with Crippen LogP contribution in [0.3, 0.4) is 0 Å². The third kappa shape index (κ3) is 4.05. The quantitative estimate of drug-likeness (QED) is 0.311. The summed E-state index contributed by atoms with van der Waals surface area (Å²) in [5.41, 5.74) is 4.68. The molecule has 0 saturated carbocycles. The number of hydrogen-bond donors (Lipinski definition) is 2. The van der Waals surface area contributed by atoms with Crippen LogP contribution in [0.4, 0.5) is 11.4 Å². The number of benzene rings is 3. The van der Waals surface area contributed by atoms with Gasteiger partial charge in [-0.25, -0.2) is 0 Å². The van der Waals surface area contributed by atoms with E-state index < -0.39 is 17.7 Å². The summed E-state index contributed by atoms with van der Waals surface area (Å²) < 4.78 is 0. The lowest BCUT2D eigenvalue weighted by Crippen LogP contribution is -2.29. The summed E-state index contributed by atoms with van der Waals surface area (Å²) in [5, 5.41) is 21.4. The molecule has 5 rings (SSSR count). The highest BCUT2D eigenvalue weighted by molar-refractivity contribution is 6.51. The van der Waals surface area contributed by atoms with Crippen molar-refractivity contribution >= 4 is 28.8 Å². The summed E-state index contributed by atoms with van der Waals surface area (Å²) in [7, 11) is 0. The molecule has 2 aliphatic rings. The number of carbonyl (C=O) groups excluding carboxylic acids is 2. The predicted octanol–water partition coefficient (Wildman–Crippen LogP) is 5.24. The van der Waals surface area contributed by atoms with Gasteiger partial charge in [0.05, 0.1) is 11.6 Å². The first-order valence-corrected chi connectivity index (χ1v) is 11.9. The Kier molecular flexibility index (Phi) is 5.81. The van der Waals surface area contributed by atoms with Crippen LogP contribution in [0.5, 0.6) is 5.75 Å². The van der Waals surface area contributed by atoms with Gasteiger partial charge in [-0.05, 0) is 85.8 Å². The van der Waals surface area contributed by atoms with E-state index in [1.165, 1.54) is 17.0 Å². The number of aryl methyl sites for hydroxylation is 2. The van der Waals surface area contributed by atoms with E-state index in [4.69, 9.17) is 0 Å². The average molecular weight is 469 g/mol. The van der Waals surface area contributed by atoms with Crippen molar-refractivity contribution in [2.45, 2.75) is 32.7 Å². The van der Waals surface area contributed by atoms with Crippen LogP contribution in [0, 0.1) is 13.8 Å². The summed E-state index contributed by atoms with van der Waals surface area (Å²) in [4.78, 5) is 30.4. The van der Waals surface area contributed by atoms with E-state index >= 15 is 0 Å². The van der Waals surface area contributed by atoms with Crippen molar-refractivity contribution in [3.8, 4) is 5.75 Å². The molecule has 3 aromatic carbocycles. The van der Waals surface area contributed by atoms with Gasteiger partial charge in [0.15, 0.2) is 0 Å². The van der Waals surface area contributed by atoms with E-state index in [0.29, 0.717) is 16.8 Å². The van der Waals surface area contributed by atoms with E-state index in [0.717, 1.165) is 42.7 Å². The Morgan fingerprint density at radius 2 is 1.54 bits per heavy atom. The Morgan fingerprint density at radius 1 is 0.857 bits per heavy atom. The molecule has 2 heterocycles. The molecule has 6 nitrogen and oxygen atoms in total. The lowest BCUT2D eigenvalue weighted by atomic mass is 9.94. The Morgan fingerprint density at radius 3 is 2.20 bits per heavy atom. The maximum atomic E-state index is 13.3. The first-order chi connectivity index (χ1) is 16.8. The number of aromatic hydroxyl groups is 1. The molecule has 2 N–H and O–H groups in total. The number of ketones is 1. The van der Waals surface area contributed by atoms with E-state index in [2.05, 4.69) is 4.90 Å². The minimum absolute atomic E-state index is 0.00692. The van der Waals surface area contributed by atoms with Crippen molar-refractivity contribution in [1.82, 2.24) is 0 Å². The molecule has 1 unspecified atom stereocenters. The highest BCUT2D eigenvalue weighted by Gasteiger charge is 2.47. The fourth-order valence-electron chi connectivity index (χ4n) is 4.95. The van der Waals surface area contributed by atoms with Crippen LogP contribution in [0.2, 0.25) is 0 Å². The topological polar surface area (TPSA) is 81.1 Å². The zero-order valence-electron chi connectivity index (χ0n) is 19.9. The maximum absolute atomic E-state index is 13.3. The van der Waals surface area contributed by atoms with Gasteiger partial charge in [-0.1, -0.05) is 24.3 Å². The van der Waals surface area contributed by atoms with Crippen LogP contribution in [0.1, 0.15) is 41.1 Å². The Bertz CT molecular complexity index is 1340. The normalized spacial score (nSPS) is 19.5.